The fourth-order valence-corrected chi connectivity index (χ4v) is 4.86. The van der Waals surface area contributed by atoms with Crippen molar-refractivity contribution in [2.24, 2.45) is 5.92 Å². The maximum Gasteiger partial charge on any atom is 0.331 e. The monoisotopic (exact) mass is 540 g/mol. The van der Waals surface area contributed by atoms with Crippen molar-refractivity contribution in [2.75, 3.05) is 12.3 Å². The van der Waals surface area contributed by atoms with E-state index in [4.69, 9.17) is 9.47 Å². The summed E-state index contributed by atoms with van der Waals surface area (Å²) in [5.74, 6) is -1.24. The molecule has 0 spiro atoms. The number of nitrogens with zero attached hydrogens (tertiary/aromatic N) is 1. The van der Waals surface area contributed by atoms with Gasteiger partial charge in [-0.25, -0.2) is 4.79 Å². The quantitative estimate of drug-likeness (QED) is 0.410. The number of esters is 1. The number of hydrogen-bond donors (Lipinski definition) is 1. The second kappa shape index (κ2) is 14.7. The first-order valence-corrected chi connectivity index (χ1v) is 13.8. The van der Waals surface area contributed by atoms with Crippen molar-refractivity contribution < 1.29 is 28.7 Å². The van der Waals surface area contributed by atoms with Crippen LogP contribution in [0.25, 0.3) is 0 Å². The van der Waals surface area contributed by atoms with Crippen LogP contribution in [0.15, 0.2) is 60.7 Å². The van der Waals surface area contributed by atoms with Gasteiger partial charge in [0.15, 0.2) is 11.2 Å². The van der Waals surface area contributed by atoms with Crippen LogP contribution in [0.5, 0.6) is 0 Å². The van der Waals surface area contributed by atoms with Crippen LogP contribution in [0.1, 0.15) is 44.7 Å². The molecule has 0 aromatic heterocycles. The molecule has 1 heterocycles. The van der Waals surface area contributed by atoms with Crippen molar-refractivity contribution >= 4 is 34.7 Å². The second-order valence-electron chi connectivity index (χ2n) is 9.47. The summed E-state index contributed by atoms with van der Waals surface area (Å²) in [5, 5.41) is 2.76. The Morgan fingerprint density at radius 1 is 0.974 bits per heavy atom. The lowest BCUT2D eigenvalue weighted by Crippen LogP contribution is -2.55. The van der Waals surface area contributed by atoms with Gasteiger partial charge in [-0.3, -0.25) is 14.4 Å². The van der Waals surface area contributed by atoms with Gasteiger partial charge in [-0.2, -0.15) is 0 Å². The van der Waals surface area contributed by atoms with Gasteiger partial charge in [0.1, 0.15) is 12.6 Å². The van der Waals surface area contributed by atoms with Crippen molar-refractivity contribution in [2.45, 2.75) is 65.0 Å². The molecule has 1 fully saturated rings. The van der Waals surface area contributed by atoms with Gasteiger partial charge in [-0.15, -0.1) is 0 Å². The van der Waals surface area contributed by atoms with Crippen LogP contribution < -0.4 is 5.32 Å². The fourth-order valence-electron chi connectivity index (χ4n) is 4.23. The molecule has 1 saturated heterocycles. The number of nitrogens with one attached hydrogen (secondary N) is 1. The molecule has 0 saturated carbocycles. The van der Waals surface area contributed by atoms with E-state index in [-0.39, 0.29) is 24.2 Å². The van der Waals surface area contributed by atoms with Gasteiger partial charge in [0.25, 0.3) is 0 Å². The standard InChI is InChI=1S/C29H36N2O6S/c1-20(19-38-22(3)32)28(34)31-16-10-15-25(31)27(33)30-26(21(2)36-17-23-11-6-4-7-12-23)29(35)37-18-24-13-8-5-9-14-24/h4-9,11-14,20-21,25-26H,10,15-19H2,1-3H3,(H,30,33)/t20?,21?,25-,26-/m0/s1. The normalized spacial score (nSPS) is 17.3. The zero-order valence-electron chi connectivity index (χ0n) is 22.1. The highest BCUT2D eigenvalue weighted by molar-refractivity contribution is 8.13. The van der Waals surface area contributed by atoms with E-state index in [1.54, 1.807) is 18.7 Å². The van der Waals surface area contributed by atoms with Crippen LogP contribution in [0.2, 0.25) is 0 Å². The molecule has 0 radical (unpaired) electrons. The van der Waals surface area contributed by atoms with Gasteiger partial charge in [-0.05, 0) is 30.9 Å². The van der Waals surface area contributed by atoms with Gasteiger partial charge in [-0.1, -0.05) is 79.3 Å². The van der Waals surface area contributed by atoms with Gasteiger partial charge >= 0.3 is 5.97 Å². The first-order chi connectivity index (χ1) is 18.3. The van der Waals surface area contributed by atoms with Crippen LogP contribution >= 0.6 is 11.8 Å². The Labute approximate surface area is 228 Å². The van der Waals surface area contributed by atoms with Crippen molar-refractivity contribution in [1.29, 1.82) is 0 Å². The lowest BCUT2D eigenvalue weighted by molar-refractivity contribution is -0.154. The van der Waals surface area contributed by atoms with Gasteiger partial charge in [0.2, 0.25) is 11.8 Å². The molecule has 9 heteroatoms. The van der Waals surface area contributed by atoms with E-state index in [1.807, 2.05) is 60.7 Å². The van der Waals surface area contributed by atoms with Crippen LogP contribution in [0.3, 0.4) is 0 Å². The Morgan fingerprint density at radius 3 is 2.18 bits per heavy atom. The molecular weight excluding hydrogens is 504 g/mol. The molecule has 4 atom stereocenters. The Kier molecular flexibility index (Phi) is 11.4. The molecule has 1 N–H and O–H groups in total. The zero-order valence-corrected chi connectivity index (χ0v) is 22.9. The molecule has 204 valence electrons. The van der Waals surface area contributed by atoms with Crippen molar-refractivity contribution in [3.8, 4) is 0 Å². The fraction of sp³-hybridized carbons (Fsp3) is 0.448. The summed E-state index contributed by atoms with van der Waals surface area (Å²) in [7, 11) is 0. The lowest BCUT2D eigenvalue weighted by atomic mass is 10.1. The van der Waals surface area contributed by atoms with Crippen LogP contribution in [0, 0.1) is 5.92 Å². The highest BCUT2D eigenvalue weighted by atomic mass is 32.2. The third kappa shape index (κ3) is 8.70. The topological polar surface area (TPSA) is 102 Å². The minimum absolute atomic E-state index is 0.0540. The van der Waals surface area contributed by atoms with E-state index >= 15 is 0 Å². The Morgan fingerprint density at radius 2 is 1.58 bits per heavy atom. The second-order valence-corrected chi connectivity index (χ2v) is 10.7. The average Bonchev–Trinajstić information content (AvgIpc) is 3.43. The predicted molar refractivity (Wildman–Crippen MR) is 146 cm³/mol. The predicted octanol–water partition coefficient (Wildman–Crippen LogP) is 3.73. The molecule has 2 aromatic rings. The van der Waals surface area contributed by atoms with E-state index < -0.39 is 36.0 Å². The molecule has 1 aliphatic heterocycles. The van der Waals surface area contributed by atoms with E-state index in [1.165, 1.54) is 6.92 Å². The van der Waals surface area contributed by atoms with Gasteiger partial charge in [0.05, 0.1) is 12.7 Å². The summed E-state index contributed by atoms with van der Waals surface area (Å²) in [6, 6.07) is 17.1. The Bertz CT molecular complexity index is 1080. The molecule has 2 aromatic carbocycles. The number of rotatable bonds is 12. The number of benzene rings is 2. The molecule has 38 heavy (non-hydrogen) atoms. The molecule has 2 unspecified atom stereocenters. The molecule has 0 bridgehead atoms. The van der Waals surface area contributed by atoms with Crippen molar-refractivity contribution in [1.82, 2.24) is 10.2 Å². The summed E-state index contributed by atoms with van der Waals surface area (Å²) in [6.45, 7) is 5.73. The zero-order chi connectivity index (χ0) is 27.5. The number of amides is 2. The van der Waals surface area contributed by atoms with Crippen molar-refractivity contribution in [3.63, 3.8) is 0 Å². The Balaban J connectivity index is 1.68. The van der Waals surface area contributed by atoms with Gasteiger partial charge in [0, 0.05) is 25.1 Å². The first-order valence-electron chi connectivity index (χ1n) is 12.9. The third-order valence-electron chi connectivity index (χ3n) is 6.40. The van der Waals surface area contributed by atoms with E-state index in [2.05, 4.69) is 5.32 Å². The number of hydrogen-bond acceptors (Lipinski definition) is 7. The van der Waals surface area contributed by atoms with E-state index in [0.29, 0.717) is 25.1 Å². The summed E-state index contributed by atoms with van der Waals surface area (Å²) in [6.07, 6.45) is 0.494. The molecule has 3 rings (SSSR count). The molecule has 1 aliphatic rings. The summed E-state index contributed by atoms with van der Waals surface area (Å²) in [5.41, 5.74) is 1.76. The highest BCUT2D eigenvalue weighted by Gasteiger charge is 2.39. The van der Waals surface area contributed by atoms with Crippen LogP contribution in [-0.4, -0.2) is 58.3 Å². The minimum atomic E-state index is -1.06. The summed E-state index contributed by atoms with van der Waals surface area (Å²) < 4.78 is 11.5. The number of carbonyl (C=O) groups is 4. The number of carbonyl (C=O) groups excluding carboxylic acids is 4. The lowest BCUT2D eigenvalue weighted by Gasteiger charge is -2.29. The third-order valence-corrected chi connectivity index (χ3v) is 7.47. The largest absolute Gasteiger partial charge is 0.459 e. The number of ether oxygens (including phenoxy) is 2. The number of thioether (sulfide) groups is 1. The maximum absolute atomic E-state index is 13.4. The molecular formula is C29H36N2O6S. The maximum atomic E-state index is 13.4. The van der Waals surface area contributed by atoms with Crippen LogP contribution in [0.4, 0.5) is 0 Å². The molecule has 2 amide bonds. The Hall–Kier alpha value is -3.17. The minimum Gasteiger partial charge on any atom is -0.459 e. The molecule has 8 nitrogen and oxygen atoms in total. The van der Waals surface area contributed by atoms with Crippen molar-refractivity contribution in [3.05, 3.63) is 71.8 Å². The SMILES string of the molecule is CC(=O)SCC(C)C(=O)N1CCC[C@H]1C(=O)N[C@H](C(=O)OCc1ccccc1)C(C)OCc1ccccc1. The van der Waals surface area contributed by atoms with Crippen LogP contribution in [-0.2, 0) is 41.9 Å². The van der Waals surface area contributed by atoms with E-state index in [9.17, 15) is 19.2 Å². The van der Waals surface area contributed by atoms with Gasteiger partial charge < -0.3 is 19.7 Å². The smallest absolute Gasteiger partial charge is 0.331 e. The van der Waals surface area contributed by atoms with E-state index in [0.717, 1.165) is 22.9 Å². The molecule has 0 aliphatic carbocycles. The average molecular weight is 541 g/mol. The number of likely N-dealkylation sites (tertiary alicyclic amines) is 1. The summed E-state index contributed by atoms with van der Waals surface area (Å²) >= 11 is 1.10. The first kappa shape index (κ1) is 29.4. The highest BCUT2D eigenvalue weighted by Crippen LogP contribution is 2.22. The summed E-state index contributed by atoms with van der Waals surface area (Å²) in [4.78, 5) is 52.5.